The summed E-state index contributed by atoms with van der Waals surface area (Å²) in [5.41, 5.74) is 5.46. The van der Waals surface area contributed by atoms with Crippen molar-refractivity contribution in [2.75, 3.05) is 5.75 Å². The van der Waals surface area contributed by atoms with Crippen LogP contribution in [0.2, 0.25) is 0 Å². The summed E-state index contributed by atoms with van der Waals surface area (Å²) in [7, 11) is 0. The van der Waals surface area contributed by atoms with Gasteiger partial charge in [-0.2, -0.15) is 5.26 Å². The van der Waals surface area contributed by atoms with Crippen molar-refractivity contribution in [1.29, 1.82) is 5.26 Å². The van der Waals surface area contributed by atoms with Crippen molar-refractivity contribution in [3.63, 3.8) is 0 Å². The Kier molecular flexibility index (Phi) is 3.29. The molecule has 0 saturated carbocycles. The van der Waals surface area contributed by atoms with Gasteiger partial charge < -0.3 is 5.73 Å². The van der Waals surface area contributed by atoms with E-state index in [9.17, 15) is 4.79 Å². The average molecular weight is 193 g/mol. The third-order valence-electron chi connectivity index (χ3n) is 1.23. The number of nitrogens with zero attached hydrogens (tertiary/aromatic N) is 2. The number of carbonyl (C=O) groups is 1. The topological polar surface area (TPSA) is 79.8 Å². The van der Waals surface area contributed by atoms with E-state index in [1.54, 1.807) is 12.1 Å². The molecule has 1 aromatic heterocycles. The second kappa shape index (κ2) is 4.48. The molecule has 0 saturated heterocycles. The van der Waals surface area contributed by atoms with Crippen molar-refractivity contribution in [1.82, 2.24) is 4.98 Å². The fourth-order valence-electron chi connectivity index (χ4n) is 0.677. The smallest absolute Gasteiger partial charge is 0.227 e. The lowest BCUT2D eigenvalue weighted by Crippen LogP contribution is -2.13. The predicted molar refractivity (Wildman–Crippen MR) is 48.9 cm³/mol. The molecule has 0 fully saturated rings. The summed E-state index contributed by atoms with van der Waals surface area (Å²) in [6, 6.07) is 5.29. The summed E-state index contributed by atoms with van der Waals surface area (Å²) < 4.78 is 0. The van der Waals surface area contributed by atoms with Crippen molar-refractivity contribution >= 4 is 17.7 Å². The Bertz CT molecular complexity index is 341. The largest absolute Gasteiger partial charge is 0.369 e. The van der Waals surface area contributed by atoms with Gasteiger partial charge in [-0.3, -0.25) is 4.79 Å². The van der Waals surface area contributed by atoms with E-state index >= 15 is 0 Å². The minimum absolute atomic E-state index is 0.207. The maximum Gasteiger partial charge on any atom is 0.227 e. The van der Waals surface area contributed by atoms with E-state index in [-0.39, 0.29) is 11.7 Å². The van der Waals surface area contributed by atoms with Crippen LogP contribution >= 0.6 is 11.8 Å². The molecule has 66 valence electrons. The molecule has 0 radical (unpaired) electrons. The molecule has 0 unspecified atom stereocenters. The molecule has 13 heavy (non-hydrogen) atoms. The molecule has 2 N–H and O–H groups in total. The number of thioether (sulfide) groups is 1. The van der Waals surface area contributed by atoms with Crippen LogP contribution in [-0.4, -0.2) is 16.6 Å². The first-order valence-corrected chi connectivity index (χ1v) is 4.48. The number of carbonyl (C=O) groups excluding carboxylic acids is 1. The highest BCUT2D eigenvalue weighted by Crippen LogP contribution is 2.13. The third-order valence-corrected chi connectivity index (χ3v) is 2.19. The van der Waals surface area contributed by atoms with E-state index in [1.807, 2.05) is 6.07 Å². The Balaban J connectivity index is 2.60. The fraction of sp³-hybridized carbons (Fsp3) is 0.125. The molecule has 0 aliphatic rings. The number of hydrogen-bond acceptors (Lipinski definition) is 4. The molecule has 4 nitrogen and oxygen atoms in total. The van der Waals surface area contributed by atoms with Gasteiger partial charge in [0.05, 0.1) is 16.3 Å². The first-order valence-electron chi connectivity index (χ1n) is 3.49. The van der Waals surface area contributed by atoms with Gasteiger partial charge >= 0.3 is 0 Å². The van der Waals surface area contributed by atoms with Gasteiger partial charge in [-0.1, -0.05) is 11.8 Å². The van der Waals surface area contributed by atoms with E-state index in [2.05, 4.69) is 4.98 Å². The summed E-state index contributed by atoms with van der Waals surface area (Å²) in [6.07, 6.45) is 1.46. The van der Waals surface area contributed by atoms with Crippen LogP contribution in [0.5, 0.6) is 0 Å². The summed E-state index contributed by atoms with van der Waals surface area (Å²) in [4.78, 5) is 14.4. The molecule has 0 aromatic carbocycles. The van der Waals surface area contributed by atoms with Crippen LogP contribution in [0.15, 0.2) is 23.4 Å². The first-order chi connectivity index (χ1) is 6.22. The molecule has 0 bridgehead atoms. The van der Waals surface area contributed by atoms with Crippen LogP contribution in [-0.2, 0) is 4.79 Å². The zero-order valence-electron chi connectivity index (χ0n) is 6.73. The number of primary amides is 1. The first kappa shape index (κ1) is 9.55. The minimum atomic E-state index is -0.379. The number of amides is 1. The molecule has 5 heteroatoms. The summed E-state index contributed by atoms with van der Waals surface area (Å²) >= 11 is 1.25. The molecule has 1 amide bonds. The van der Waals surface area contributed by atoms with Gasteiger partial charge in [0.15, 0.2) is 0 Å². The van der Waals surface area contributed by atoms with Crippen molar-refractivity contribution in [3.05, 3.63) is 23.9 Å². The van der Waals surface area contributed by atoms with Crippen LogP contribution in [0, 0.1) is 11.3 Å². The number of nitrogens with two attached hydrogens (primary N) is 1. The van der Waals surface area contributed by atoms with Crippen molar-refractivity contribution in [2.45, 2.75) is 5.03 Å². The molecule has 1 aromatic rings. The summed E-state index contributed by atoms with van der Waals surface area (Å²) in [5.74, 6) is -0.171. The van der Waals surface area contributed by atoms with E-state index in [1.165, 1.54) is 18.0 Å². The quantitative estimate of drug-likeness (QED) is 0.710. The fourth-order valence-corrected chi connectivity index (χ4v) is 1.26. The second-order valence-electron chi connectivity index (χ2n) is 2.25. The van der Waals surface area contributed by atoms with Gasteiger partial charge in [-0.25, -0.2) is 4.98 Å². The average Bonchev–Trinajstić information content (AvgIpc) is 2.15. The summed E-state index contributed by atoms with van der Waals surface area (Å²) in [6.45, 7) is 0. The van der Waals surface area contributed by atoms with Crippen LogP contribution in [0.4, 0.5) is 0 Å². The Morgan fingerprint density at radius 1 is 1.69 bits per heavy atom. The molecule has 0 aliphatic heterocycles. The SMILES string of the molecule is N#Cc1ccc(SCC(N)=O)nc1. The lowest BCUT2D eigenvalue weighted by Gasteiger charge is -1.96. The standard InChI is InChI=1S/C8H7N3OS/c9-3-6-1-2-8(11-4-6)13-5-7(10)12/h1-2,4H,5H2,(H2,10,12). The van der Waals surface area contributed by atoms with Gasteiger partial charge in [0, 0.05) is 6.20 Å². The Morgan fingerprint density at radius 2 is 2.46 bits per heavy atom. The van der Waals surface area contributed by atoms with E-state index in [0.29, 0.717) is 10.6 Å². The van der Waals surface area contributed by atoms with Crippen molar-refractivity contribution in [2.24, 2.45) is 5.73 Å². The summed E-state index contributed by atoms with van der Waals surface area (Å²) in [5, 5.41) is 9.17. The molecule has 0 spiro atoms. The third kappa shape index (κ3) is 3.13. The molecular formula is C8H7N3OS. The molecule has 1 heterocycles. The van der Waals surface area contributed by atoms with Crippen LogP contribution in [0.25, 0.3) is 0 Å². The minimum Gasteiger partial charge on any atom is -0.369 e. The number of hydrogen-bond donors (Lipinski definition) is 1. The second-order valence-corrected chi connectivity index (χ2v) is 3.25. The van der Waals surface area contributed by atoms with Gasteiger partial charge in [-0.15, -0.1) is 0 Å². The number of rotatable bonds is 3. The van der Waals surface area contributed by atoms with E-state index in [4.69, 9.17) is 11.0 Å². The highest BCUT2D eigenvalue weighted by molar-refractivity contribution is 7.99. The normalized spacial score (nSPS) is 9.15. The maximum absolute atomic E-state index is 10.4. The molecular weight excluding hydrogens is 186 g/mol. The van der Waals surface area contributed by atoms with Crippen LogP contribution in [0.1, 0.15) is 5.56 Å². The van der Waals surface area contributed by atoms with Gasteiger partial charge in [0.1, 0.15) is 6.07 Å². The molecule has 1 rings (SSSR count). The zero-order chi connectivity index (χ0) is 9.68. The maximum atomic E-state index is 10.4. The lowest BCUT2D eigenvalue weighted by molar-refractivity contribution is -0.115. The van der Waals surface area contributed by atoms with Gasteiger partial charge in [0.25, 0.3) is 0 Å². The lowest BCUT2D eigenvalue weighted by atomic mass is 10.3. The van der Waals surface area contributed by atoms with Crippen LogP contribution < -0.4 is 5.73 Å². The van der Waals surface area contributed by atoms with Gasteiger partial charge in [-0.05, 0) is 12.1 Å². The monoisotopic (exact) mass is 193 g/mol. The Labute approximate surface area is 79.8 Å². The molecule has 0 atom stereocenters. The van der Waals surface area contributed by atoms with Crippen molar-refractivity contribution in [3.8, 4) is 6.07 Å². The highest BCUT2D eigenvalue weighted by atomic mass is 32.2. The van der Waals surface area contributed by atoms with E-state index < -0.39 is 0 Å². The number of aromatic nitrogens is 1. The van der Waals surface area contributed by atoms with E-state index in [0.717, 1.165) is 0 Å². The Hall–Kier alpha value is -1.54. The highest BCUT2D eigenvalue weighted by Gasteiger charge is 1.98. The molecule has 0 aliphatic carbocycles. The zero-order valence-corrected chi connectivity index (χ0v) is 7.54. The Morgan fingerprint density at radius 3 is 2.92 bits per heavy atom. The number of pyridine rings is 1. The van der Waals surface area contributed by atoms with Crippen molar-refractivity contribution < 1.29 is 4.79 Å². The van der Waals surface area contributed by atoms with Gasteiger partial charge in [0.2, 0.25) is 5.91 Å². The van der Waals surface area contributed by atoms with Crippen LogP contribution in [0.3, 0.4) is 0 Å². The predicted octanol–water partition coefficient (Wildman–Crippen LogP) is 0.531. The number of nitriles is 1.